The van der Waals surface area contributed by atoms with Crippen molar-refractivity contribution >= 4 is 11.4 Å². The molecule has 21 heavy (non-hydrogen) atoms. The van der Waals surface area contributed by atoms with Crippen molar-refractivity contribution in [2.75, 3.05) is 25.1 Å². The molecule has 1 heterocycles. The number of hydrogen-bond acceptors (Lipinski definition) is 5. The summed E-state index contributed by atoms with van der Waals surface area (Å²) in [4.78, 5) is 12.2. The van der Waals surface area contributed by atoms with Gasteiger partial charge in [-0.25, -0.2) is 4.39 Å². The zero-order valence-electron chi connectivity index (χ0n) is 11.8. The molecule has 3 unspecified atom stereocenters. The first-order valence-corrected chi connectivity index (χ1v) is 7.03. The summed E-state index contributed by atoms with van der Waals surface area (Å²) in [6.07, 6.45) is 2.09. The lowest BCUT2D eigenvalue weighted by Gasteiger charge is -2.21. The van der Waals surface area contributed by atoms with Gasteiger partial charge < -0.3 is 15.4 Å². The highest BCUT2D eigenvalue weighted by atomic mass is 19.1. The summed E-state index contributed by atoms with van der Waals surface area (Å²) < 4.78 is 19.2. The third-order valence-electron chi connectivity index (χ3n) is 4.70. The Morgan fingerprint density at radius 1 is 1.43 bits per heavy atom. The molecule has 1 aromatic carbocycles. The monoisotopic (exact) mass is 295 g/mol. The van der Waals surface area contributed by atoms with Crippen molar-refractivity contribution in [1.29, 1.82) is 0 Å². The molecule has 0 bridgehead atoms. The van der Waals surface area contributed by atoms with E-state index in [1.807, 2.05) is 4.90 Å². The summed E-state index contributed by atoms with van der Waals surface area (Å²) in [6, 6.07) is 2.52. The highest BCUT2D eigenvalue weighted by Gasteiger charge is 2.41. The van der Waals surface area contributed by atoms with Crippen LogP contribution in [0.4, 0.5) is 15.8 Å². The molecule has 1 aliphatic carbocycles. The summed E-state index contributed by atoms with van der Waals surface area (Å²) >= 11 is 0. The van der Waals surface area contributed by atoms with Crippen molar-refractivity contribution < 1.29 is 14.1 Å². The summed E-state index contributed by atoms with van der Waals surface area (Å²) in [5.74, 6) is 0.361. The molecule has 1 saturated carbocycles. The van der Waals surface area contributed by atoms with Crippen LogP contribution in [0.15, 0.2) is 12.1 Å². The minimum absolute atomic E-state index is 0.0813. The largest absolute Gasteiger partial charge is 0.490 e. The number of rotatable bonds is 3. The van der Waals surface area contributed by atoms with Crippen LogP contribution in [0, 0.1) is 27.8 Å². The minimum atomic E-state index is -0.639. The number of fused-ring (bicyclic) bond motifs is 1. The van der Waals surface area contributed by atoms with Crippen LogP contribution in [0.2, 0.25) is 0 Å². The molecule has 0 spiro atoms. The first kappa shape index (κ1) is 14.1. The van der Waals surface area contributed by atoms with Crippen LogP contribution >= 0.6 is 0 Å². The topological polar surface area (TPSA) is 81.6 Å². The van der Waals surface area contributed by atoms with Crippen LogP contribution in [-0.2, 0) is 0 Å². The molecular weight excluding hydrogens is 277 g/mol. The van der Waals surface area contributed by atoms with Gasteiger partial charge in [-0.1, -0.05) is 0 Å². The molecule has 3 atom stereocenters. The quantitative estimate of drug-likeness (QED) is 0.680. The molecule has 0 amide bonds. The van der Waals surface area contributed by atoms with Crippen molar-refractivity contribution in [2.24, 2.45) is 17.6 Å². The third-order valence-corrected chi connectivity index (χ3v) is 4.70. The predicted molar refractivity (Wildman–Crippen MR) is 76.0 cm³/mol. The molecule has 0 aromatic heterocycles. The molecule has 2 fully saturated rings. The maximum Gasteiger partial charge on any atom is 0.313 e. The van der Waals surface area contributed by atoms with Gasteiger partial charge in [0.15, 0.2) is 11.6 Å². The number of nitro benzene ring substituents is 1. The van der Waals surface area contributed by atoms with Gasteiger partial charge in [-0.3, -0.25) is 10.1 Å². The maximum absolute atomic E-state index is 14.2. The van der Waals surface area contributed by atoms with Gasteiger partial charge in [-0.15, -0.1) is 0 Å². The first-order valence-electron chi connectivity index (χ1n) is 7.03. The summed E-state index contributed by atoms with van der Waals surface area (Å²) in [5.41, 5.74) is 6.09. The fourth-order valence-electron chi connectivity index (χ4n) is 3.58. The van der Waals surface area contributed by atoms with E-state index in [4.69, 9.17) is 10.5 Å². The highest BCUT2D eigenvalue weighted by Crippen LogP contribution is 2.41. The van der Waals surface area contributed by atoms with Gasteiger partial charge in [-0.05, 0) is 24.7 Å². The van der Waals surface area contributed by atoms with E-state index in [1.54, 1.807) is 0 Å². The summed E-state index contributed by atoms with van der Waals surface area (Å²) in [7, 11) is 1.35. The Hall–Kier alpha value is -1.89. The van der Waals surface area contributed by atoms with Crippen LogP contribution in [0.1, 0.15) is 12.8 Å². The van der Waals surface area contributed by atoms with Crippen LogP contribution in [0.3, 0.4) is 0 Å². The first-order chi connectivity index (χ1) is 10.0. The van der Waals surface area contributed by atoms with Crippen molar-refractivity contribution in [1.82, 2.24) is 0 Å². The molecule has 1 aromatic rings. The SMILES string of the molecule is COc1cc(N2CC3CCC(N)C3C2)c(F)cc1[N+](=O)[O-]. The molecule has 0 radical (unpaired) electrons. The van der Waals surface area contributed by atoms with E-state index < -0.39 is 10.7 Å². The highest BCUT2D eigenvalue weighted by molar-refractivity contribution is 5.61. The number of benzene rings is 1. The Morgan fingerprint density at radius 3 is 2.81 bits per heavy atom. The van der Waals surface area contributed by atoms with Gasteiger partial charge in [0.2, 0.25) is 0 Å². The van der Waals surface area contributed by atoms with E-state index in [1.165, 1.54) is 13.2 Å². The Morgan fingerprint density at radius 2 is 2.19 bits per heavy atom. The van der Waals surface area contributed by atoms with Gasteiger partial charge in [0.05, 0.1) is 23.8 Å². The maximum atomic E-state index is 14.2. The standard InChI is InChI=1S/C14H18FN3O3/c1-21-14-5-12(10(15)4-13(14)18(19)20)17-6-8-2-3-11(16)9(8)7-17/h4-5,8-9,11H,2-3,6-7,16H2,1H3. The molecule has 1 aliphatic heterocycles. The van der Waals surface area contributed by atoms with E-state index in [0.717, 1.165) is 25.5 Å². The van der Waals surface area contributed by atoms with E-state index >= 15 is 0 Å². The van der Waals surface area contributed by atoms with Crippen molar-refractivity contribution in [2.45, 2.75) is 18.9 Å². The number of anilines is 1. The molecular formula is C14H18FN3O3. The second kappa shape index (κ2) is 5.14. The fourth-order valence-corrected chi connectivity index (χ4v) is 3.58. The van der Waals surface area contributed by atoms with Gasteiger partial charge in [-0.2, -0.15) is 0 Å². The Kier molecular flexibility index (Phi) is 3.44. The average molecular weight is 295 g/mol. The average Bonchev–Trinajstić information content (AvgIpc) is 3.01. The second-order valence-electron chi connectivity index (χ2n) is 5.80. The third kappa shape index (κ3) is 2.31. The fraction of sp³-hybridized carbons (Fsp3) is 0.571. The lowest BCUT2D eigenvalue weighted by molar-refractivity contribution is -0.385. The molecule has 1 saturated heterocycles. The molecule has 114 valence electrons. The van der Waals surface area contributed by atoms with E-state index in [-0.39, 0.29) is 17.5 Å². The van der Waals surface area contributed by atoms with Gasteiger partial charge in [0, 0.05) is 25.2 Å². The van der Waals surface area contributed by atoms with Crippen molar-refractivity contribution in [3.8, 4) is 5.75 Å². The van der Waals surface area contributed by atoms with Crippen LogP contribution in [0.25, 0.3) is 0 Å². The van der Waals surface area contributed by atoms with Gasteiger partial charge >= 0.3 is 5.69 Å². The molecule has 2 N–H and O–H groups in total. The Bertz CT molecular complexity index is 581. The number of nitrogens with two attached hydrogens (primary N) is 1. The predicted octanol–water partition coefficient (Wildman–Crippen LogP) is 1.92. The number of halogens is 1. The van der Waals surface area contributed by atoms with Gasteiger partial charge in [0.25, 0.3) is 0 Å². The Balaban J connectivity index is 1.91. The molecule has 2 aliphatic rings. The number of nitrogens with zero attached hydrogens (tertiary/aromatic N) is 2. The number of methoxy groups -OCH3 is 1. The molecule has 3 rings (SSSR count). The zero-order valence-corrected chi connectivity index (χ0v) is 11.8. The van der Waals surface area contributed by atoms with Gasteiger partial charge in [0.1, 0.15) is 0 Å². The summed E-state index contributed by atoms with van der Waals surface area (Å²) in [5, 5.41) is 10.9. The Labute approximate surface area is 121 Å². The lowest BCUT2D eigenvalue weighted by atomic mass is 9.98. The smallest absolute Gasteiger partial charge is 0.313 e. The van der Waals surface area contributed by atoms with Crippen molar-refractivity contribution in [3.63, 3.8) is 0 Å². The van der Waals surface area contributed by atoms with E-state index in [0.29, 0.717) is 24.1 Å². The van der Waals surface area contributed by atoms with Crippen LogP contribution < -0.4 is 15.4 Å². The van der Waals surface area contributed by atoms with Crippen molar-refractivity contribution in [3.05, 3.63) is 28.1 Å². The minimum Gasteiger partial charge on any atom is -0.490 e. The number of ether oxygens (including phenoxy) is 1. The summed E-state index contributed by atoms with van der Waals surface area (Å²) in [6.45, 7) is 1.44. The lowest BCUT2D eigenvalue weighted by Crippen LogP contribution is -2.30. The molecule has 6 nitrogen and oxygen atoms in total. The normalized spacial score (nSPS) is 27.8. The van der Waals surface area contributed by atoms with Crippen LogP contribution in [-0.4, -0.2) is 31.2 Å². The zero-order chi connectivity index (χ0) is 15.1. The van der Waals surface area contributed by atoms with Crippen LogP contribution in [0.5, 0.6) is 5.75 Å². The van der Waals surface area contributed by atoms with E-state index in [2.05, 4.69) is 0 Å². The number of hydrogen-bond donors (Lipinski definition) is 1. The molecule has 7 heteroatoms. The van der Waals surface area contributed by atoms with E-state index in [9.17, 15) is 14.5 Å². The second-order valence-corrected chi connectivity index (χ2v) is 5.80. The number of nitro groups is 1.